The van der Waals surface area contributed by atoms with E-state index in [9.17, 15) is 14.7 Å². The minimum Gasteiger partial charge on any atom is -0.495 e. The summed E-state index contributed by atoms with van der Waals surface area (Å²) in [4.78, 5) is 24.3. The fraction of sp³-hybridized carbons (Fsp3) is 0.263. The van der Waals surface area contributed by atoms with Crippen LogP contribution in [0.25, 0.3) is 0 Å². The van der Waals surface area contributed by atoms with Crippen molar-refractivity contribution in [2.24, 2.45) is 0 Å². The Kier molecular flexibility index (Phi) is 5.71. The van der Waals surface area contributed by atoms with Crippen molar-refractivity contribution >= 4 is 23.5 Å². The summed E-state index contributed by atoms with van der Waals surface area (Å²) in [6, 6.07) is 8.00. The number of amides is 1. The number of fused-ring (bicyclic) bond motifs is 1. The monoisotopic (exact) mass is 391 g/mol. The quantitative estimate of drug-likeness (QED) is 0.813. The van der Waals surface area contributed by atoms with Crippen molar-refractivity contribution in [1.29, 1.82) is 0 Å². The van der Waals surface area contributed by atoms with Crippen LogP contribution >= 0.6 is 11.6 Å². The number of halogens is 1. The van der Waals surface area contributed by atoms with Crippen LogP contribution in [0.1, 0.15) is 28.4 Å². The third kappa shape index (κ3) is 4.25. The van der Waals surface area contributed by atoms with Gasteiger partial charge < -0.3 is 24.6 Å². The maximum Gasteiger partial charge on any atom is 0.330 e. The highest BCUT2D eigenvalue weighted by Gasteiger charge is 2.24. The Morgan fingerprint density at radius 3 is 2.56 bits per heavy atom. The van der Waals surface area contributed by atoms with Gasteiger partial charge in [0, 0.05) is 12.0 Å². The van der Waals surface area contributed by atoms with Crippen molar-refractivity contribution in [3.63, 3.8) is 0 Å². The molecule has 0 saturated carbocycles. The number of hydrogen-bond donors (Lipinski definition) is 2. The molecule has 1 unspecified atom stereocenters. The molecular formula is C19H18ClNO6. The molecule has 0 radical (unpaired) electrons. The first-order valence-electron chi connectivity index (χ1n) is 8.26. The van der Waals surface area contributed by atoms with E-state index in [-0.39, 0.29) is 10.6 Å². The molecule has 0 bridgehead atoms. The van der Waals surface area contributed by atoms with E-state index in [2.05, 4.69) is 5.32 Å². The average Bonchev–Trinajstić information content (AvgIpc) is 2.90. The van der Waals surface area contributed by atoms with Gasteiger partial charge in [-0.05, 0) is 35.9 Å². The first kappa shape index (κ1) is 18.8. The summed E-state index contributed by atoms with van der Waals surface area (Å²) < 4.78 is 16.2. The van der Waals surface area contributed by atoms with Crippen molar-refractivity contribution in [1.82, 2.24) is 5.32 Å². The molecule has 0 aromatic heterocycles. The molecule has 1 aliphatic heterocycles. The molecule has 27 heavy (non-hydrogen) atoms. The third-order valence-corrected chi connectivity index (χ3v) is 4.34. The summed E-state index contributed by atoms with van der Waals surface area (Å²) in [5, 5.41) is 12.3. The summed E-state index contributed by atoms with van der Waals surface area (Å²) in [6.45, 7) is 1.03. The second kappa shape index (κ2) is 8.18. The van der Waals surface area contributed by atoms with Gasteiger partial charge >= 0.3 is 5.97 Å². The molecule has 0 fully saturated rings. The zero-order chi connectivity index (χ0) is 19.4. The van der Waals surface area contributed by atoms with E-state index in [1.807, 2.05) is 0 Å². The number of rotatable bonds is 5. The summed E-state index contributed by atoms with van der Waals surface area (Å²) in [5.74, 6) is -0.331. The summed E-state index contributed by atoms with van der Waals surface area (Å²) >= 11 is 6.07. The molecule has 1 atom stereocenters. The van der Waals surface area contributed by atoms with Crippen LogP contribution in [-0.4, -0.2) is 37.3 Å². The van der Waals surface area contributed by atoms with E-state index in [0.717, 1.165) is 6.42 Å². The minimum atomic E-state index is -1.27. The highest BCUT2D eigenvalue weighted by molar-refractivity contribution is 6.32. The van der Waals surface area contributed by atoms with Crippen LogP contribution in [0, 0.1) is 0 Å². The standard InChI is InChI=1S/C19H18ClNO6/c1-25-14-5-3-11(9-13(14)20)17(19(23)24)21-18(22)12-4-6-15-16(10-12)27-8-2-7-26-15/h3-6,9-10,17H,2,7-8H2,1H3,(H,21,22)(H,23,24). The molecule has 0 spiro atoms. The van der Waals surface area contributed by atoms with Crippen LogP contribution in [0.3, 0.4) is 0 Å². The smallest absolute Gasteiger partial charge is 0.330 e. The average molecular weight is 392 g/mol. The van der Waals surface area contributed by atoms with Crippen LogP contribution in [0.15, 0.2) is 36.4 Å². The molecule has 142 valence electrons. The Labute approximate surface area is 160 Å². The van der Waals surface area contributed by atoms with Crippen LogP contribution in [0.2, 0.25) is 5.02 Å². The molecular weight excluding hydrogens is 374 g/mol. The summed E-state index contributed by atoms with van der Waals surface area (Å²) in [5.41, 5.74) is 0.598. The summed E-state index contributed by atoms with van der Waals surface area (Å²) in [6.07, 6.45) is 0.746. The number of carbonyl (C=O) groups excluding carboxylic acids is 1. The maximum absolute atomic E-state index is 12.6. The maximum atomic E-state index is 12.6. The van der Waals surface area contributed by atoms with Gasteiger partial charge in [-0.2, -0.15) is 0 Å². The first-order valence-corrected chi connectivity index (χ1v) is 8.64. The van der Waals surface area contributed by atoms with Crippen molar-refractivity contribution in [2.75, 3.05) is 20.3 Å². The van der Waals surface area contributed by atoms with E-state index in [4.69, 9.17) is 25.8 Å². The molecule has 2 N–H and O–H groups in total. The van der Waals surface area contributed by atoms with Crippen LogP contribution in [0.5, 0.6) is 17.2 Å². The van der Waals surface area contributed by atoms with Crippen LogP contribution in [0.4, 0.5) is 0 Å². The normalized spacial score (nSPS) is 14.0. The van der Waals surface area contributed by atoms with Gasteiger partial charge in [-0.25, -0.2) is 4.79 Å². The van der Waals surface area contributed by atoms with Crippen LogP contribution in [-0.2, 0) is 4.79 Å². The predicted molar refractivity (Wildman–Crippen MR) is 97.9 cm³/mol. The van der Waals surface area contributed by atoms with Gasteiger partial charge in [0.1, 0.15) is 5.75 Å². The van der Waals surface area contributed by atoms with E-state index >= 15 is 0 Å². The number of carboxylic acid groups (broad SMARTS) is 1. The fourth-order valence-electron chi connectivity index (χ4n) is 2.67. The Balaban J connectivity index is 1.82. The zero-order valence-electron chi connectivity index (χ0n) is 14.5. The molecule has 2 aromatic rings. The first-order chi connectivity index (χ1) is 13.0. The second-order valence-corrected chi connectivity index (χ2v) is 6.26. The molecule has 1 aliphatic rings. The number of aliphatic carboxylic acids is 1. The lowest BCUT2D eigenvalue weighted by atomic mass is 10.1. The molecule has 1 heterocycles. The largest absolute Gasteiger partial charge is 0.495 e. The number of carboxylic acids is 1. The lowest BCUT2D eigenvalue weighted by Gasteiger charge is -2.17. The number of hydrogen-bond acceptors (Lipinski definition) is 5. The van der Waals surface area contributed by atoms with E-state index in [1.54, 1.807) is 18.2 Å². The highest BCUT2D eigenvalue weighted by atomic mass is 35.5. The van der Waals surface area contributed by atoms with Gasteiger partial charge in [0.05, 0.1) is 25.3 Å². The lowest BCUT2D eigenvalue weighted by Crippen LogP contribution is -2.33. The fourth-order valence-corrected chi connectivity index (χ4v) is 2.93. The molecule has 3 rings (SSSR count). The Bertz CT molecular complexity index is 869. The molecule has 0 aliphatic carbocycles. The van der Waals surface area contributed by atoms with E-state index < -0.39 is 17.9 Å². The van der Waals surface area contributed by atoms with Crippen molar-refractivity contribution in [3.8, 4) is 17.2 Å². The van der Waals surface area contributed by atoms with Crippen molar-refractivity contribution in [3.05, 3.63) is 52.5 Å². The topological polar surface area (TPSA) is 94.1 Å². The number of ether oxygens (including phenoxy) is 3. The Morgan fingerprint density at radius 2 is 1.89 bits per heavy atom. The Morgan fingerprint density at radius 1 is 1.15 bits per heavy atom. The molecule has 0 saturated heterocycles. The lowest BCUT2D eigenvalue weighted by molar-refractivity contribution is -0.139. The number of nitrogens with one attached hydrogen (secondary N) is 1. The van der Waals surface area contributed by atoms with Gasteiger partial charge in [0.15, 0.2) is 17.5 Å². The van der Waals surface area contributed by atoms with E-state index in [0.29, 0.717) is 36.0 Å². The number of carbonyl (C=O) groups is 2. The number of methoxy groups -OCH3 is 1. The van der Waals surface area contributed by atoms with Gasteiger partial charge in [-0.3, -0.25) is 4.79 Å². The van der Waals surface area contributed by atoms with Crippen molar-refractivity contribution in [2.45, 2.75) is 12.5 Å². The molecule has 2 aromatic carbocycles. The van der Waals surface area contributed by atoms with Gasteiger partial charge in [-0.1, -0.05) is 17.7 Å². The Hall–Kier alpha value is -2.93. The van der Waals surface area contributed by atoms with E-state index in [1.165, 1.54) is 25.3 Å². The van der Waals surface area contributed by atoms with Gasteiger partial charge in [0.25, 0.3) is 5.91 Å². The molecule has 7 nitrogen and oxygen atoms in total. The SMILES string of the molecule is COc1ccc(C(NC(=O)c2ccc3c(c2)OCCCO3)C(=O)O)cc1Cl. The highest BCUT2D eigenvalue weighted by Crippen LogP contribution is 2.31. The third-order valence-electron chi connectivity index (χ3n) is 4.04. The molecule has 8 heteroatoms. The second-order valence-electron chi connectivity index (χ2n) is 5.85. The van der Waals surface area contributed by atoms with Gasteiger partial charge in [0.2, 0.25) is 0 Å². The minimum absolute atomic E-state index is 0.256. The van der Waals surface area contributed by atoms with Gasteiger partial charge in [-0.15, -0.1) is 0 Å². The van der Waals surface area contributed by atoms with Crippen molar-refractivity contribution < 1.29 is 28.9 Å². The van der Waals surface area contributed by atoms with Crippen LogP contribution < -0.4 is 19.5 Å². The number of benzene rings is 2. The summed E-state index contributed by atoms with van der Waals surface area (Å²) in [7, 11) is 1.46. The zero-order valence-corrected chi connectivity index (χ0v) is 15.3. The predicted octanol–water partition coefficient (Wildman–Crippen LogP) is 3.07. The molecule has 1 amide bonds.